The highest BCUT2D eigenvalue weighted by atomic mass is 32.2. The van der Waals surface area contributed by atoms with Crippen LogP contribution >= 0.6 is 0 Å². The lowest BCUT2D eigenvalue weighted by molar-refractivity contribution is 0.0968. The molecular weight excluding hydrogens is 336 g/mol. The number of nitrogens with zero attached hydrogens (tertiary/aromatic N) is 2. The van der Waals surface area contributed by atoms with Gasteiger partial charge in [0.05, 0.1) is 4.90 Å². The largest absolute Gasteiger partial charge is 0.412 e. The maximum atomic E-state index is 12.4. The SMILES string of the molecule is CCCCCCCCOn1cccc/c1=N/S(=O)(=O)c1ccccc1. The standard InChI is InChI=1S/C19H26N2O3S/c1-2-3-4-5-6-12-17-24-21-16-11-10-15-19(21)20-25(22,23)18-13-8-7-9-14-18/h7-11,13-16H,2-6,12,17H2,1H3/b20-19-. The molecule has 0 unspecified atom stereocenters. The lowest BCUT2D eigenvalue weighted by Gasteiger charge is -2.09. The van der Waals surface area contributed by atoms with Gasteiger partial charge in [-0.25, -0.2) is 0 Å². The van der Waals surface area contributed by atoms with Gasteiger partial charge in [0.1, 0.15) is 6.61 Å². The second-order valence-corrected chi connectivity index (χ2v) is 7.47. The van der Waals surface area contributed by atoms with Crippen LogP contribution in [0.5, 0.6) is 0 Å². The third-order valence-electron chi connectivity index (χ3n) is 3.79. The van der Waals surface area contributed by atoms with E-state index in [1.54, 1.807) is 42.6 Å². The van der Waals surface area contributed by atoms with E-state index in [2.05, 4.69) is 11.3 Å². The normalized spacial score (nSPS) is 12.3. The van der Waals surface area contributed by atoms with Crippen molar-refractivity contribution in [3.8, 4) is 0 Å². The van der Waals surface area contributed by atoms with Crippen LogP contribution in [-0.4, -0.2) is 19.8 Å². The molecule has 2 rings (SSSR count). The third kappa shape index (κ3) is 6.38. The van der Waals surface area contributed by atoms with Crippen molar-refractivity contribution in [2.24, 2.45) is 4.40 Å². The summed E-state index contributed by atoms with van der Waals surface area (Å²) in [6.07, 6.45) is 8.70. The van der Waals surface area contributed by atoms with E-state index in [-0.39, 0.29) is 10.4 Å². The van der Waals surface area contributed by atoms with Crippen molar-refractivity contribution in [1.29, 1.82) is 0 Å². The molecular formula is C19H26N2O3S. The predicted octanol–water partition coefficient (Wildman–Crippen LogP) is 3.57. The maximum absolute atomic E-state index is 12.4. The Bertz CT molecular complexity index is 799. The Morgan fingerprint density at radius 3 is 2.36 bits per heavy atom. The Morgan fingerprint density at radius 2 is 1.60 bits per heavy atom. The van der Waals surface area contributed by atoms with Crippen LogP contribution in [0.2, 0.25) is 0 Å². The summed E-state index contributed by atoms with van der Waals surface area (Å²) in [6, 6.07) is 13.3. The highest BCUT2D eigenvalue weighted by Gasteiger charge is 2.11. The lowest BCUT2D eigenvalue weighted by atomic mass is 10.1. The van der Waals surface area contributed by atoms with E-state index in [1.807, 2.05) is 0 Å². The van der Waals surface area contributed by atoms with Gasteiger partial charge in [-0.1, -0.05) is 56.9 Å². The fourth-order valence-corrected chi connectivity index (χ4v) is 3.41. The van der Waals surface area contributed by atoms with Crippen LogP contribution in [0, 0.1) is 0 Å². The van der Waals surface area contributed by atoms with E-state index in [0.717, 1.165) is 12.8 Å². The molecule has 0 amide bonds. The highest BCUT2D eigenvalue weighted by Crippen LogP contribution is 2.10. The fraction of sp³-hybridized carbons (Fsp3) is 0.421. The van der Waals surface area contributed by atoms with Crippen molar-refractivity contribution in [1.82, 2.24) is 4.73 Å². The van der Waals surface area contributed by atoms with Gasteiger partial charge in [0, 0.05) is 6.20 Å². The molecule has 1 aromatic heterocycles. The number of rotatable bonds is 10. The average Bonchev–Trinajstić information content (AvgIpc) is 2.63. The van der Waals surface area contributed by atoms with E-state index in [4.69, 9.17) is 4.84 Å². The highest BCUT2D eigenvalue weighted by molar-refractivity contribution is 7.90. The Hall–Kier alpha value is -2.08. The Balaban J connectivity index is 2.03. The van der Waals surface area contributed by atoms with Crippen LogP contribution in [0.25, 0.3) is 0 Å². The summed E-state index contributed by atoms with van der Waals surface area (Å²) in [4.78, 5) is 5.85. The minimum atomic E-state index is -3.76. The molecule has 0 saturated carbocycles. The predicted molar refractivity (Wildman–Crippen MR) is 98.4 cm³/mol. The molecule has 0 aliphatic carbocycles. The molecule has 0 atom stereocenters. The number of aromatic nitrogens is 1. The van der Waals surface area contributed by atoms with Crippen molar-refractivity contribution in [3.63, 3.8) is 0 Å². The molecule has 2 aromatic rings. The first kappa shape index (κ1) is 19.2. The zero-order chi connectivity index (χ0) is 18.0. The van der Waals surface area contributed by atoms with E-state index in [1.165, 1.54) is 42.5 Å². The van der Waals surface area contributed by atoms with Gasteiger partial charge >= 0.3 is 0 Å². The molecule has 136 valence electrons. The molecule has 0 bridgehead atoms. The number of hydrogen-bond donors (Lipinski definition) is 0. The first-order valence-electron chi connectivity index (χ1n) is 8.80. The molecule has 6 heteroatoms. The zero-order valence-corrected chi connectivity index (χ0v) is 15.5. The first-order chi connectivity index (χ1) is 12.1. The smallest absolute Gasteiger partial charge is 0.284 e. The number of hydrogen-bond acceptors (Lipinski definition) is 3. The Labute approximate surface area is 150 Å². The number of pyridine rings is 1. The fourth-order valence-electron chi connectivity index (χ4n) is 2.41. The second kappa shape index (κ2) is 10.0. The van der Waals surface area contributed by atoms with E-state index >= 15 is 0 Å². The van der Waals surface area contributed by atoms with Crippen LogP contribution in [0.3, 0.4) is 0 Å². The molecule has 0 spiro atoms. The van der Waals surface area contributed by atoms with Crippen molar-refractivity contribution < 1.29 is 13.3 Å². The summed E-state index contributed by atoms with van der Waals surface area (Å²) in [5, 5.41) is 0. The summed E-state index contributed by atoms with van der Waals surface area (Å²) in [5.74, 6) is 0. The van der Waals surface area contributed by atoms with Crippen LogP contribution < -0.4 is 10.3 Å². The number of unbranched alkanes of at least 4 members (excludes halogenated alkanes) is 5. The topological polar surface area (TPSA) is 60.7 Å². The van der Waals surface area contributed by atoms with Gasteiger partial charge in [-0.3, -0.25) is 0 Å². The quantitative estimate of drug-likeness (QED) is 0.607. The monoisotopic (exact) mass is 362 g/mol. The van der Waals surface area contributed by atoms with Gasteiger partial charge < -0.3 is 4.84 Å². The molecule has 5 nitrogen and oxygen atoms in total. The van der Waals surface area contributed by atoms with Crippen LogP contribution in [0.4, 0.5) is 0 Å². The summed E-state index contributed by atoms with van der Waals surface area (Å²) in [5.41, 5.74) is 0.261. The molecule has 1 aromatic carbocycles. The minimum absolute atomic E-state index is 0.168. The lowest BCUT2D eigenvalue weighted by Crippen LogP contribution is -2.28. The van der Waals surface area contributed by atoms with Gasteiger partial charge in [-0.05, 0) is 37.1 Å². The van der Waals surface area contributed by atoms with Crippen molar-refractivity contribution >= 4 is 10.0 Å². The van der Waals surface area contributed by atoms with Crippen LogP contribution in [-0.2, 0) is 10.0 Å². The maximum Gasteiger partial charge on any atom is 0.284 e. The van der Waals surface area contributed by atoms with E-state index in [0.29, 0.717) is 6.61 Å². The summed E-state index contributed by atoms with van der Waals surface area (Å²) >= 11 is 0. The average molecular weight is 362 g/mol. The van der Waals surface area contributed by atoms with Gasteiger partial charge in [-0.15, -0.1) is 4.40 Å². The number of sulfonamides is 1. The van der Waals surface area contributed by atoms with Crippen molar-refractivity contribution in [2.75, 3.05) is 6.61 Å². The second-order valence-electron chi connectivity index (χ2n) is 5.87. The summed E-state index contributed by atoms with van der Waals surface area (Å²) in [7, 11) is -3.76. The van der Waals surface area contributed by atoms with E-state index in [9.17, 15) is 8.42 Å². The van der Waals surface area contributed by atoms with Crippen LogP contribution in [0.15, 0.2) is 64.0 Å². The van der Waals surface area contributed by atoms with Gasteiger partial charge in [-0.2, -0.15) is 13.1 Å². The number of benzene rings is 1. The molecule has 0 radical (unpaired) electrons. The van der Waals surface area contributed by atoms with Crippen LogP contribution in [0.1, 0.15) is 45.4 Å². The molecule has 0 fully saturated rings. The first-order valence-corrected chi connectivity index (χ1v) is 10.2. The summed E-state index contributed by atoms with van der Waals surface area (Å²) < 4.78 is 30.1. The Kier molecular flexibility index (Phi) is 7.73. The summed E-state index contributed by atoms with van der Waals surface area (Å²) in [6.45, 7) is 2.73. The molecule has 1 heterocycles. The molecule has 25 heavy (non-hydrogen) atoms. The third-order valence-corrected chi connectivity index (χ3v) is 5.08. The van der Waals surface area contributed by atoms with Crippen molar-refractivity contribution in [3.05, 3.63) is 60.2 Å². The van der Waals surface area contributed by atoms with Gasteiger partial charge in [0.15, 0.2) is 5.49 Å². The van der Waals surface area contributed by atoms with Crippen molar-refractivity contribution in [2.45, 2.75) is 50.3 Å². The zero-order valence-electron chi connectivity index (χ0n) is 14.7. The molecule has 0 aliphatic rings. The molecule has 0 N–H and O–H groups in total. The van der Waals surface area contributed by atoms with E-state index < -0.39 is 10.0 Å². The Morgan fingerprint density at radius 1 is 0.920 bits per heavy atom. The van der Waals surface area contributed by atoms with Gasteiger partial charge in [0.2, 0.25) is 0 Å². The molecule has 0 aliphatic heterocycles. The molecule has 0 saturated heterocycles. The van der Waals surface area contributed by atoms with Gasteiger partial charge in [0.25, 0.3) is 10.0 Å². The minimum Gasteiger partial charge on any atom is -0.412 e.